The van der Waals surface area contributed by atoms with Gasteiger partial charge in [0.2, 0.25) is 0 Å². The Morgan fingerprint density at radius 2 is 1.87 bits per heavy atom. The SMILES string of the molecule is CC(F)(F)COCC(O)COCCCO. The number of rotatable bonds is 9. The Morgan fingerprint density at radius 3 is 2.40 bits per heavy atom. The van der Waals surface area contributed by atoms with Crippen LogP contribution in [0.4, 0.5) is 8.78 Å². The van der Waals surface area contributed by atoms with Crippen molar-refractivity contribution in [2.75, 3.05) is 33.0 Å². The molecular formula is C9H18F2O4. The minimum Gasteiger partial charge on any atom is -0.396 e. The summed E-state index contributed by atoms with van der Waals surface area (Å²) in [6.45, 7) is 0.238. The zero-order chi connectivity index (χ0) is 11.7. The molecule has 0 aromatic heterocycles. The topological polar surface area (TPSA) is 58.9 Å². The molecule has 0 radical (unpaired) electrons. The van der Waals surface area contributed by atoms with E-state index >= 15 is 0 Å². The van der Waals surface area contributed by atoms with Crippen LogP contribution in [-0.4, -0.2) is 55.3 Å². The third-order valence-electron chi connectivity index (χ3n) is 1.42. The first-order valence-electron chi connectivity index (χ1n) is 4.78. The summed E-state index contributed by atoms with van der Waals surface area (Å²) in [4.78, 5) is 0. The van der Waals surface area contributed by atoms with Gasteiger partial charge in [0.1, 0.15) is 12.7 Å². The van der Waals surface area contributed by atoms with Crippen molar-refractivity contribution in [3.8, 4) is 0 Å². The smallest absolute Gasteiger partial charge is 0.268 e. The van der Waals surface area contributed by atoms with Crippen molar-refractivity contribution in [2.45, 2.75) is 25.4 Å². The van der Waals surface area contributed by atoms with E-state index < -0.39 is 18.6 Å². The van der Waals surface area contributed by atoms with Gasteiger partial charge in [0.15, 0.2) is 0 Å². The molecule has 1 atom stereocenters. The molecule has 4 nitrogen and oxygen atoms in total. The fourth-order valence-corrected chi connectivity index (χ4v) is 0.808. The number of ether oxygens (including phenoxy) is 2. The highest BCUT2D eigenvalue weighted by Gasteiger charge is 2.21. The summed E-state index contributed by atoms with van der Waals surface area (Å²) in [5.74, 6) is -2.88. The zero-order valence-corrected chi connectivity index (χ0v) is 8.79. The van der Waals surface area contributed by atoms with E-state index in [0.29, 0.717) is 13.0 Å². The van der Waals surface area contributed by atoms with E-state index in [-0.39, 0.29) is 19.8 Å². The van der Waals surface area contributed by atoms with Crippen molar-refractivity contribution >= 4 is 0 Å². The number of hydrogen-bond acceptors (Lipinski definition) is 4. The van der Waals surface area contributed by atoms with Gasteiger partial charge in [-0.25, -0.2) is 8.78 Å². The van der Waals surface area contributed by atoms with E-state index in [2.05, 4.69) is 4.74 Å². The van der Waals surface area contributed by atoms with Crippen LogP contribution in [-0.2, 0) is 9.47 Å². The quantitative estimate of drug-likeness (QED) is 0.561. The number of halogens is 2. The Labute approximate surface area is 87.8 Å². The molecule has 1 unspecified atom stereocenters. The van der Waals surface area contributed by atoms with Gasteiger partial charge in [-0.2, -0.15) is 0 Å². The average Bonchev–Trinajstić information content (AvgIpc) is 2.10. The highest BCUT2D eigenvalue weighted by Crippen LogP contribution is 2.11. The predicted octanol–water partition coefficient (Wildman–Crippen LogP) is 0.418. The second-order valence-corrected chi connectivity index (χ2v) is 3.39. The lowest BCUT2D eigenvalue weighted by atomic mass is 10.4. The monoisotopic (exact) mass is 228 g/mol. The highest BCUT2D eigenvalue weighted by atomic mass is 19.3. The van der Waals surface area contributed by atoms with Crippen LogP contribution < -0.4 is 0 Å². The Bertz CT molecular complexity index is 150. The summed E-state index contributed by atoms with van der Waals surface area (Å²) in [5.41, 5.74) is 0. The van der Waals surface area contributed by atoms with Crippen LogP contribution >= 0.6 is 0 Å². The molecule has 0 heterocycles. The van der Waals surface area contributed by atoms with Gasteiger partial charge in [-0.05, 0) is 6.42 Å². The van der Waals surface area contributed by atoms with Crippen LogP contribution in [0.2, 0.25) is 0 Å². The van der Waals surface area contributed by atoms with Crippen molar-refractivity contribution in [2.24, 2.45) is 0 Å². The van der Waals surface area contributed by atoms with Crippen LogP contribution in [0.3, 0.4) is 0 Å². The normalized spacial score (nSPS) is 14.2. The van der Waals surface area contributed by atoms with Crippen LogP contribution in [0, 0.1) is 0 Å². The van der Waals surface area contributed by atoms with Gasteiger partial charge in [0, 0.05) is 20.1 Å². The van der Waals surface area contributed by atoms with Crippen molar-refractivity contribution in [3.63, 3.8) is 0 Å². The fraction of sp³-hybridized carbons (Fsp3) is 1.00. The number of alkyl halides is 2. The van der Waals surface area contributed by atoms with Crippen molar-refractivity contribution in [1.82, 2.24) is 0 Å². The fourth-order valence-electron chi connectivity index (χ4n) is 0.808. The van der Waals surface area contributed by atoms with Gasteiger partial charge < -0.3 is 19.7 Å². The third-order valence-corrected chi connectivity index (χ3v) is 1.42. The summed E-state index contributed by atoms with van der Waals surface area (Å²) in [7, 11) is 0. The molecule has 6 heteroatoms. The van der Waals surface area contributed by atoms with E-state index in [1.54, 1.807) is 0 Å². The van der Waals surface area contributed by atoms with Crippen molar-refractivity contribution < 1.29 is 28.5 Å². The standard InChI is InChI=1S/C9H18F2O4/c1-9(10,11)7-15-6-8(13)5-14-4-2-3-12/h8,12-13H,2-7H2,1H3. The number of hydrogen-bond donors (Lipinski definition) is 2. The summed E-state index contributed by atoms with van der Waals surface area (Å²) >= 11 is 0. The number of aliphatic hydroxyl groups is 2. The molecule has 15 heavy (non-hydrogen) atoms. The molecule has 0 fully saturated rings. The van der Waals surface area contributed by atoms with Gasteiger partial charge in [-0.3, -0.25) is 0 Å². The van der Waals surface area contributed by atoms with Gasteiger partial charge in [0.05, 0.1) is 13.2 Å². The van der Waals surface area contributed by atoms with Crippen LogP contribution in [0.5, 0.6) is 0 Å². The summed E-state index contributed by atoms with van der Waals surface area (Å²) in [5, 5.41) is 17.6. The molecule has 0 bridgehead atoms. The average molecular weight is 228 g/mol. The first kappa shape index (κ1) is 14.7. The lowest BCUT2D eigenvalue weighted by Gasteiger charge is -2.14. The molecule has 0 aliphatic heterocycles. The van der Waals surface area contributed by atoms with Crippen LogP contribution in [0.1, 0.15) is 13.3 Å². The van der Waals surface area contributed by atoms with E-state index in [9.17, 15) is 13.9 Å². The highest BCUT2D eigenvalue weighted by molar-refractivity contribution is 4.57. The molecule has 0 rings (SSSR count). The molecule has 0 amide bonds. The maximum absolute atomic E-state index is 12.3. The zero-order valence-electron chi connectivity index (χ0n) is 8.79. The maximum Gasteiger partial charge on any atom is 0.268 e. The van der Waals surface area contributed by atoms with Crippen LogP contribution in [0.15, 0.2) is 0 Å². The summed E-state index contributed by atoms with van der Waals surface area (Å²) in [6.07, 6.45) is -0.424. The number of aliphatic hydroxyl groups excluding tert-OH is 2. The summed E-state index contributed by atoms with van der Waals surface area (Å²) in [6, 6.07) is 0. The minimum absolute atomic E-state index is 0.0225. The molecule has 0 saturated carbocycles. The Kier molecular flexibility index (Phi) is 7.76. The molecule has 92 valence electrons. The second-order valence-electron chi connectivity index (χ2n) is 3.39. The first-order valence-corrected chi connectivity index (χ1v) is 4.78. The molecule has 0 saturated heterocycles. The lowest BCUT2D eigenvalue weighted by molar-refractivity contribution is -0.0891. The molecule has 0 spiro atoms. The van der Waals surface area contributed by atoms with Gasteiger partial charge >= 0.3 is 0 Å². The Hall–Kier alpha value is -0.300. The minimum atomic E-state index is -2.88. The Balaban J connectivity index is 3.29. The predicted molar refractivity (Wildman–Crippen MR) is 50.0 cm³/mol. The molecule has 0 aliphatic rings. The second kappa shape index (κ2) is 7.92. The van der Waals surface area contributed by atoms with Crippen LogP contribution in [0.25, 0.3) is 0 Å². The molecule has 0 aromatic rings. The van der Waals surface area contributed by atoms with E-state index in [1.165, 1.54) is 0 Å². The lowest BCUT2D eigenvalue weighted by Crippen LogP contribution is -2.26. The summed E-state index contributed by atoms with van der Waals surface area (Å²) < 4.78 is 34.0. The molecule has 0 aliphatic carbocycles. The van der Waals surface area contributed by atoms with Gasteiger partial charge in [0.25, 0.3) is 5.92 Å². The van der Waals surface area contributed by atoms with Gasteiger partial charge in [-0.15, -0.1) is 0 Å². The largest absolute Gasteiger partial charge is 0.396 e. The van der Waals surface area contributed by atoms with Crippen molar-refractivity contribution in [3.05, 3.63) is 0 Å². The molecule has 2 N–H and O–H groups in total. The van der Waals surface area contributed by atoms with E-state index in [1.807, 2.05) is 0 Å². The Morgan fingerprint density at radius 1 is 1.27 bits per heavy atom. The first-order chi connectivity index (χ1) is 6.95. The third kappa shape index (κ3) is 11.6. The van der Waals surface area contributed by atoms with E-state index in [4.69, 9.17) is 9.84 Å². The van der Waals surface area contributed by atoms with Gasteiger partial charge in [-0.1, -0.05) is 0 Å². The molecular weight excluding hydrogens is 210 g/mol. The molecule has 0 aromatic carbocycles. The van der Waals surface area contributed by atoms with Crippen molar-refractivity contribution in [1.29, 1.82) is 0 Å². The van der Waals surface area contributed by atoms with E-state index in [0.717, 1.165) is 6.92 Å². The maximum atomic E-state index is 12.3.